The van der Waals surface area contributed by atoms with E-state index in [1.807, 2.05) is 13.8 Å². The van der Waals surface area contributed by atoms with Crippen molar-refractivity contribution in [2.45, 2.75) is 26.7 Å². The van der Waals surface area contributed by atoms with Crippen molar-refractivity contribution in [1.82, 2.24) is 0 Å². The quantitative estimate of drug-likeness (QED) is 0.326. The van der Waals surface area contributed by atoms with Gasteiger partial charge in [0.25, 0.3) is 5.78 Å². The minimum atomic E-state index is -1.05. The van der Waals surface area contributed by atoms with Crippen LogP contribution in [0.5, 0.6) is 11.5 Å². The van der Waals surface area contributed by atoms with Crippen LogP contribution in [0.2, 0.25) is 0 Å². The number of benzene rings is 1. The van der Waals surface area contributed by atoms with Gasteiger partial charge in [-0.05, 0) is 31.0 Å². The summed E-state index contributed by atoms with van der Waals surface area (Å²) in [5, 5.41) is 10.2. The lowest BCUT2D eigenvalue weighted by atomic mass is 10.1. The molecule has 126 valence electrons. The van der Waals surface area contributed by atoms with Crippen molar-refractivity contribution in [1.29, 1.82) is 0 Å². The minimum absolute atomic E-state index is 0.282. The number of esters is 1. The van der Waals surface area contributed by atoms with Crippen LogP contribution in [-0.4, -0.2) is 37.2 Å². The van der Waals surface area contributed by atoms with E-state index in [9.17, 15) is 14.7 Å². The van der Waals surface area contributed by atoms with Gasteiger partial charge in [-0.25, -0.2) is 4.79 Å². The van der Waals surface area contributed by atoms with Crippen LogP contribution in [-0.2, 0) is 14.3 Å². The molecular formula is C17H22O6. The van der Waals surface area contributed by atoms with Crippen molar-refractivity contribution in [2.24, 2.45) is 0 Å². The van der Waals surface area contributed by atoms with Crippen LogP contribution >= 0.6 is 0 Å². The number of carbonyl (C=O) groups excluding carboxylic acids is 2. The lowest BCUT2D eigenvalue weighted by Gasteiger charge is -2.13. The lowest BCUT2D eigenvalue weighted by Crippen LogP contribution is -2.13. The summed E-state index contributed by atoms with van der Waals surface area (Å²) in [4.78, 5) is 22.7. The summed E-state index contributed by atoms with van der Waals surface area (Å²) in [7, 11) is 1.10. The Morgan fingerprint density at radius 1 is 1.13 bits per heavy atom. The Morgan fingerprint density at radius 2 is 1.78 bits per heavy atom. The number of rotatable bonds is 9. The van der Waals surface area contributed by atoms with Crippen molar-refractivity contribution < 1.29 is 28.9 Å². The van der Waals surface area contributed by atoms with E-state index in [0.29, 0.717) is 24.7 Å². The van der Waals surface area contributed by atoms with Crippen molar-refractivity contribution >= 4 is 17.5 Å². The highest BCUT2D eigenvalue weighted by Gasteiger charge is 2.16. The molecule has 0 aromatic heterocycles. The number of aliphatic hydroxyl groups is 1. The number of ether oxygens (including phenoxy) is 3. The lowest BCUT2D eigenvalue weighted by molar-refractivity contribution is -0.149. The number of hydrogen-bond acceptors (Lipinski definition) is 6. The molecular weight excluding hydrogens is 300 g/mol. The first-order valence-electron chi connectivity index (χ1n) is 7.46. The number of carbonyl (C=O) groups is 2. The summed E-state index contributed by atoms with van der Waals surface area (Å²) in [6.45, 7) is 4.92. The molecule has 1 rings (SSSR count). The van der Waals surface area contributed by atoms with Gasteiger partial charge in [-0.3, -0.25) is 4.79 Å². The van der Waals surface area contributed by atoms with Gasteiger partial charge in [0.1, 0.15) is 17.3 Å². The first kappa shape index (κ1) is 18.5. The summed E-state index contributed by atoms with van der Waals surface area (Å²) in [5.41, 5.74) is 0.282. The molecule has 1 N–H and O–H groups in total. The van der Waals surface area contributed by atoms with Crippen LogP contribution in [0, 0.1) is 0 Å². The molecule has 0 unspecified atom stereocenters. The molecule has 0 aliphatic heterocycles. The Kier molecular flexibility index (Phi) is 7.66. The fraction of sp³-hybridized carbons (Fsp3) is 0.412. The van der Waals surface area contributed by atoms with Crippen LogP contribution in [0.15, 0.2) is 24.3 Å². The fourth-order valence-corrected chi connectivity index (χ4v) is 1.72. The summed E-state index contributed by atoms with van der Waals surface area (Å²) in [6.07, 6.45) is 2.44. The summed E-state index contributed by atoms with van der Waals surface area (Å²) in [6, 6.07) is 4.94. The van der Waals surface area contributed by atoms with Gasteiger partial charge in [0.05, 0.1) is 25.9 Å². The van der Waals surface area contributed by atoms with Crippen LogP contribution < -0.4 is 9.47 Å². The van der Waals surface area contributed by atoms with Gasteiger partial charge in [-0.15, -0.1) is 0 Å². The molecule has 1 aromatic carbocycles. The van der Waals surface area contributed by atoms with Crippen LogP contribution in [0.4, 0.5) is 0 Å². The summed E-state index contributed by atoms with van der Waals surface area (Å²) in [5.74, 6) is -1.44. The Balaban J connectivity index is 3.13. The molecule has 1 aromatic rings. The van der Waals surface area contributed by atoms with Crippen molar-refractivity contribution in [3.8, 4) is 11.5 Å². The molecule has 6 heteroatoms. The van der Waals surface area contributed by atoms with E-state index in [-0.39, 0.29) is 11.3 Å². The highest BCUT2D eigenvalue weighted by molar-refractivity contribution is 6.39. The maximum Gasteiger partial charge on any atom is 0.378 e. The standard InChI is InChI=1S/C17H22O6/c1-4-8-22-12-6-7-16(23-9-5-2)13(10-12)14(18)11-15(19)17(20)21-3/h6-7,10-11,18H,4-5,8-9H2,1-3H3/b14-11-. The highest BCUT2D eigenvalue weighted by Crippen LogP contribution is 2.29. The average Bonchev–Trinajstić information content (AvgIpc) is 2.57. The molecule has 0 saturated carbocycles. The third-order valence-corrected chi connectivity index (χ3v) is 2.82. The molecule has 0 fully saturated rings. The van der Waals surface area contributed by atoms with Crippen LogP contribution in [0.3, 0.4) is 0 Å². The smallest absolute Gasteiger partial charge is 0.378 e. The summed E-state index contributed by atoms with van der Waals surface area (Å²) >= 11 is 0. The van der Waals surface area contributed by atoms with Crippen LogP contribution in [0.1, 0.15) is 32.3 Å². The monoisotopic (exact) mass is 322 g/mol. The average molecular weight is 322 g/mol. The van der Waals surface area contributed by atoms with E-state index in [1.165, 1.54) is 0 Å². The van der Waals surface area contributed by atoms with Gasteiger partial charge in [0.2, 0.25) is 0 Å². The molecule has 0 amide bonds. The minimum Gasteiger partial charge on any atom is -0.507 e. The Morgan fingerprint density at radius 3 is 2.39 bits per heavy atom. The predicted octanol–water partition coefficient (Wildman–Crippen LogP) is 2.91. The molecule has 0 radical (unpaired) electrons. The van der Waals surface area contributed by atoms with Crippen molar-refractivity contribution in [3.05, 3.63) is 29.8 Å². The molecule has 0 spiro atoms. The van der Waals surface area contributed by atoms with Crippen molar-refractivity contribution in [3.63, 3.8) is 0 Å². The zero-order valence-corrected chi connectivity index (χ0v) is 13.6. The Hall–Kier alpha value is -2.50. The molecule has 0 heterocycles. The number of hydrogen-bond donors (Lipinski definition) is 1. The number of ketones is 1. The maximum absolute atomic E-state index is 11.6. The first-order chi connectivity index (χ1) is 11.0. The largest absolute Gasteiger partial charge is 0.507 e. The molecule has 0 atom stereocenters. The van der Waals surface area contributed by atoms with Gasteiger partial charge in [0.15, 0.2) is 0 Å². The Labute approximate surface area is 135 Å². The molecule has 6 nitrogen and oxygen atoms in total. The van der Waals surface area contributed by atoms with Crippen molar-refractivity contribution in [2.75, 3.05) is 20.3 Å². The third-order valence-electron chi connectivity index (χ3n) is 2.82. The van der Waals surface area contributed by atoms with Crippen LogP contribution in [0.25, 0.3) is 5.76 Å². The zero-order chi connectivity index (χ0) is 17.2. The zero-order valence-electron chi connectivity index (χ0n) is 13.6. The van der Waals surface area contributed by atoms with Gasteiger partial charge in [0, 0.05) is 6.08 Å². The topological polar surface area (TPSA) is 82.1 Å². The molecule has 0 aliphatic carbocycles. The van der Waals surface area contributed by atoms with Gasteiger partial charge in [-0.2, -0.15) is 0 Å². The third kappa shape index (κ3) is 5.65. The van der Waals surface area contributed by atoms with E-state index < -0.39 is 11.8 Å². The summed E-state index contributed by atoms with van der Waals surface area (Å²) < 4.78 is 15.4. The second-order valence-corrected chi connectivity index (χ2v) is 4.74. The second-order valence-electron chi connectivity index (χ2n) is 4.74. The molecule has 0 bridgehead atoms. The number of aliphatic hydroxyl groups excluding tert-OH is 1. The predicted molar refractivity (Wildman–Crippen MR) is 85.6 cm³/mol. The fourth-order valence-electron chi connectivity index (χ4n) is 1.72. The van der Waals surface area contributed by atoms with E-state index in [2.05, 4.69) is 4.74 Å². The number of methoxy groups -OCH3 is 1. The SMILES string of the molecule is CCCOc1ccc(OCCC)c(/C(O)=C/C(=O)C(=O)OC)c1. The Bertz CT molecular complexity index is 576. The highest BCUT2D eigenvalue weighted by atomic mass is 16.5. The van der Waals surface area contributed by atoms with Gasteiger partial charge >= 0.3 is 5.97 Å². The van der Waals surface area contributed by atoms with Gasteiger partial charge < -0.3 is 19.3 Å². The van der Waals surface area contributed by atoms with E-state index in [1.54, 1.807) is 18.2 Å². The second kappa shape index (κ2) is 9.50. The van der Waals surface area contributed by atoms with E-state index in [0.717, 1.165) is 26.0 Å². The van der Waals surface area contributed by atoms with E-state index in [4.69, 9.17) is 9.47 Å². The molecule has 0 saturated heterocycles. The molecule has 0 aliphatic rings. The normalized spacial score (nSPS) is 11.0. The van der Waals surface area contributed by atoms with E-state index >= 15 is 0 Å². The maximum atomic E-state index is 11.6. The van der Waals surface area contributed by atoms with Gasteiger partial charge in [-0.1, -0.05) is 13.8 Å². The first-order valence-corrected chi connectivity index (χ1v) is 7.46. The molecule has 23 heavy (non-hydrogen) atoms.